The van der Waals surface area contributed by atoms with E-state index >= 15 is 0 Å². The quantitative estimate of drug-likeness (QED) is 0.696. The third kappa shape index (κ3) is 5.18. The van der Waals surface area contributed by atoms with Crippen LogP contribution in [0.3, 0.4) is 0 Å². The van der Waals surface area contributed by atoms with Crippen molar-refractivity contribution in [2.45, 2.75) is 13.8 Å². The van der Waals surface area contributed by atoms with Gasteiger partial charge >= 0.3 is 0 Å². The molecule has 0 unspecified atom stereocenters. The Morgan fingerprint density at radius 2 is 1.74 bits per heavy atom. The van der Waals surface area contributed by atoms with Gasteiger partial charge in [0.2, 0.25) is 0 Å². The van der Waals surface area contributed by atoms with Crippen LogP contribution in [0, 0.1) is 0 Å². The van der Waals surface area contributed by atoms with Gasteiger partial charge in [0.05, 0.1) is 13.2 Å². The van der Waals surface area contributed by atoms with Gasteiger partial charge in [0.25, 0.3) is 0 Å². The predicted octanol–water partition coefficient (Wildman–Crippen LogP) is 1.59. The van der Waals surface area contributed by atoms with Crippen LogP contribution in [-0.2, 0) is 9.47 Å². The number of ether oxygens (including phenoxy) is 2. The zero-order valence-electron chi connectivity index (χ0n) is 11.4. The molecule has 0 spiro atoms. The Balaban J connectivity index is 2.72. The van der Waals surface area contributed by atoms with E-state index < -0.39 is 0 Å². The van der Waals surface area contributed by atoms with Gasteiger partial charge in [0.15, 0.2) is 5.82 Å². The van der Waals surface area contributed by atoms with E-state index in [9.17, 15) is 0 Å². The Morgan fingerprint density at radius 3 is 2.26 bits per heavy atom. The second-order valence-corrected chi connectivity index (χ2v) is 4.16. The number of anilines is 2. The summed E-state index contributed by atoms with van der Waals surface area (Å²) in [7, 11) is 0. The average molecular weight is 289 g/mol. The van der Waals surface area contributed by atoms with E-state index in [1.165, 1.54) is 6.33 Å². The minimum atomic E-state index is 0.282. The summed E-state index contributed by atoms with van der Waals surface area (Å²) in [5.41, 5.74) is 5.70. The van der Waals surface area contributed by atoms with Gasteiger partial charge < -0.3 is 20.1 Å². The van der Waals surface area contributed by atoms with Crippen molar-refractivity contribution in [1.82, 2.24) is 9.97 Å². The maximum atomic E-state index is 6.14. The number of hydrogen-bond acceptors (Lipinski definition) is 6. The van der Waals surface area contributed by atoms with Gasteiger partial charge in [-0.25, -0.2) is 9.97 Å². The third-order valence-corrected chi connectivity index (χ3v) is 2.88. The van der Waals surface area contributed by atoms with E-state index in [1.54, 1.807) is 0 Å². The van der Waals surface area contributed by atoms with Gasteiger partial charge in [-0.05, 0) is 13.8 Å². The molecule has 0 saturated carbocycles. The van der Waals surface area contributed by atoms with Crippen LogP contribution in [0.2, 0.25) is 5.02 Å². The van der Waals surface area contributed by atoms with Crippen molar-refractivity contribution in [3.63, 3.8) is 0 Å². The number of rotatable bonds is 9. The molecule has 1 aromatic heterocycles. The van der Waals surface area contributed by atoms with E-state index in [4.69, 9.17) is 26.8 Å². The first-order chi connectivity index (χ1) is 9.20. The van der Waals surface area contributed by atoms with Crippen molar-refractivity contribution in [1.29, 1.82) is 0 Å². The maximum absolute atomic E-state index is 6.14. The fourth-order valence-electron chi connectivity index (χ4n) is 1.56. The summed E-state index contributed by atoms with van der Waals surface area (Å²) in [6.45, 7) is 7.83. The first-order valence-electron chi connectivity index (χ1n) is 6.37. The Hall–Kier alpha value is -1.11. The fourth-order valence-corrected chi connectivity index (χ4v) is 1.77. The Labute approximate surface area is 118 Å². The van der Waals surface area contributed by atoms with Crippen LogP contribution in [0.5, 0.6) is 0 Å². The first-order valence-corrected chi connectivity index (χ1v) is 6.74. The lowest BCUT2D eigenvalue weighted by molar-refractivity contribution is 0.141. The number of aromatic nitrogens is 2. The van der Waals surface area contributed by atoms with Crippen molar-refractivity contribution in [2.24, 2.45) is 0 Å². The molecule has 0 fully saturated rings. The number of halogens is 1. The number of nitrogens with two attached hydrogens (primary N) is 1. The summed E-state index contributed by atoms with van der Waals surface area (Å²) in [4.78, 5) is 10.0. The normalized spacial score (nSPS) is 10.7. The molecule has 0 bridgehead atoms. The molecule has 0 saturated heterocycles. The molecule has 0 atom stereocenters. The second kappa shape index (κ2) is 8.90. The molecular formula is C12H21ClN4O2. The van der Waals surface area contributed by atoms with Crippen molar-refractivity contribution in [3.8, 4) is 0 Å². The summed E-state index contributed by atoms with van der Waals surface area (Å²) in [5.74, 6) is 0.901. The number of hydrogen-bond donors (Lipinski definition) is 1. The van der Waals surface area contributed by atoms with Gasteiger partial charge in [0, 0.05) is 26.3 Å². The largest absolute Gasteiger partial charge is 0.382 e. The summed E-state index contributed by atoms with van der Waals surface area (Å²) >= 11 is 6.14. The standard InChI is InChI=1S/C12H21ClN4O2/c1-3-18-7-5-17(6-8-19-4-2)12-10(13)11(14)15-9-16-12/h9H,3-8H2,1-2H3,(H2,14,15,16). The van der Waals surface area contributed by atoms with Gasteiger partial charge in [-0.3, -0.25) is 0 Å². The molecule has 1 rings (SSSR count). The van der Waals surface area contributed by atoms with Crippen LogP contribution < -0.4 is 10.6 Å². The van der Waals surface area contributed by atoms with Crippen LogP contribution in [0.25, 0.3) is 0 Å². The Bertz CT molecular complexity index is 369. The molecule has 0 aliphatic rings. The van der Waals surface area contributed by atoms with Crippen LogP contribution in [0.1, 0.15) is 13.8 Å². The van der Waals surface area contributed by atoms with Crippen molar-refractivity contribution in [2.75, 3.05) is 50.2 Å². The highest BCUT2D eigenvalue weighted by Crippen LogP contribution is 2.26. The zero-order chi connectivity index (χ0) is 14.1. The van der Waals surface area contributed by atoms with Crippen LogP contribution in [0.4, 0.5) is 11.6 Å². The lowest BCUT2D eigenvalue weighted by Crippen LogP contribution is -2.32. The highest BCUT2D eigenvalue weighted by atomic mass is 35.5. The molecule has 7 heteroatoms. The van der Waals surface area contributed by atoms with Crippen molar-refractivity contribution < 1.29 is 9.47 Å². The molecule has 0 aliphatic carbocycles. The Morgan fingerprint density at radius 1 is 1.16 bits per heavy atom. The Kier molecular flexibility index (Phi) is 7.47. The molecule has 0 radical (unpaired) electrons. The first kappa shape index (κ1) is 15.9. The molecule has 1 aromatic rings. The predicted molar refractivity (Wildman–Crippen MR) is 76.7 cm³/mol. The van der Waals surface area contributed by atoms with Gasteiger partial charge in [-0.15, -0.1) is 0 Å². The molecule has 6 nitrogen and oxygen atoms in total. The lowest BCUT2D eigenvalue weighted by atomic mass is 10.4. The average Bonchev–Trinajstić information content (AvgIpc) is 2.41. The number of nitrogen functional groups attached to an aromatic ring is 1. The highest BCUT2D eigenvalue weighted by molar-refractivity contribution is 6.35. The zero-order valence-corrected chi connectivity index (χ0v) is 12.2. The van der Waals surface area contributed by atoms with E-state index in [-0.39, 0.29) is 5.82 Å². The monoisotopic (exact) mass is 288 g/mol. The molecule has 0 aromatic carbocycles. The molecular weight excluding hydrogens is 268 g/mol. The van der Waals surface area contributed by atoms with E-state index in [1.807, 2.05) is 18.7 Å². The SMILES string of the molecule is CCOCCN(CCOCC)c1ncnc(N)c1Cl. The molecule has 1 heterocycles. The molecule has 19 heavy (non-hydrogen) atoms. The van der Waals surface area contributed by atoms with Gasteiger partial charge in [-0.2, -0.15) is 0 Å². The topological polar surface area (TPSA) is 73.5 Å². The van der Waals surface area contributed by atoms with E-state index in [0.29, 0.717) is 50.4 Å². The summed E-state index contributed by atoms with van der Waals surface area (Å²) < 4.78 is 10.7. The minimum absolute atomic E-state index is 0.282. The van der Waals surface area contributed by atoms with Crippen LogP contribution >= 0.6 is 11.6 Å². The molecule has 2 N–H and O–H groups in total. The minimum Gasteiger partial charge on any atom is -0.382 e. The second-order valence-electron chi connectivity index (χ2n) is 3.78. The van der Waals surface area contributed by atoms with Gasteiger partial charge in [0.1, 0.15) is 17.2 Å². The summed E-state index contributed by atoms with van der Waals surface area (Å²) in [5, 5.41) is 0.371. The van der Waals surface area contributed by atoms with Crippen LogP contribution in [0.15, 0.2) is 6.33 Å². The maximum Gasteiger partial charge on any atom is 0.153 e. The lowest BCUT2D eigenvalue weighted by Gasteiger charge is -2.24. The smallest absolute Gasteiger partial charge is 0.153 e. The highest BCUT2D eigenvalue weighted by Gasteiger charge is 2.14. The molecule has 0 aliphatic heterocycles. The summed E-state index contributed by atoms with van der Waals surface area (Å²) in [6.07, 6.45) is 1.41. The summed E-state index contributed by atoms with van der Waals surface area (Å²) in [6, 6.07) is 0. The van der Waals surface area contributed by atoms with Crippen molar-refractivity contribution in [3.05, 3.63) is 11.3 Å². The molecule has 108 valence electrons. The molecule has 0 amide bonds. The third-order valence-electron chi connectivity index (χ3n) is 2.52. The number of nitrogens with zero attached hydrogens (tertiary/aromatic N) is 3. The fraction of sp³-hybridized carbons (Fsp3) is 0.667. The van der Waals surface area contributed by atoms with Crippen molar-refractivity contribution >= 4 is 23.2 Å². The van der Waals surface area contributed by atoms with Crippen LogP contribution in [-0.4, -0.2) is 49.5 Å². The van der Waals surface area contributed by atoms with E-state index in [0.717, 1.165) is 0 Å². The van der Waals surface area contributed by atoms with E-state index in [2.05, 4.69) is 9.97 Å². The van der Waals surface area contributed by atoms with Gasteiger partial charge in [-0.1, -0.05) is 11.6 Å².